The van der Waals surface area contributed by atoms with Crippen molar-refractivity contribution in [1.29, 1.82) is 0 Å². The molecule has 1 saturated carbocycles. The van der Waals surface area contributed by atoms with Gasteiger partial charge in [0, 0.05) is 18.0 Å². The van der Waals surface area contributed by atoms with Gasteiger partial charge in [-0.2, -0.15) is 0 Å². The minimum Gasteiger partial charge on any atom is -0.449 e. The van der Waals surface area contributed by atoms with Crippen molar-refractivity contribution in [2.75, 3.05) is 5.73 Å². The summed E-state index contributed by atoms with van der Waals surface area (Å²) in [6.45, 7) is 1.87. The van der Waals surface area contributed by atoms with E-state index in [4.69, 9.17) is 10.2 Å². The lowest BCUT2D eigenvalue weighted by Crippen LogP contribution is -2.11. The summed E-state index contributed by atoms with van der Waals surface area (Å²) in [5, 5.41) is 0. The van der Waals surface area contributed by atoms with Gasteiger partial charge in [0.15, 0.2) is 5.89 Å². The van der Waals surface area contributed by atoms with Gasteiger partial charge in [0.2, 0.25) is 0 Å². The van der Waals surface area contributed by atoms with Gasteiger partial charge in [0.25, 0.3) is 0 Å². The summed E-state index contributed by atoms with van der Waals surface area (Å²) in [6.07, 6.45) is 3.97. The number of hydrogen-bond acceptors (Lipinski definition) is 3. The van der Waals surface area contributed by atoms with Crippen LogP contribution in [0.5, 0.6) is 0 Å². The van der Waals surface area contributed by atoms with E-state index in [0.29, 0.717) is 0 Å². The molecule has 0 unspecified atom stereocenters. The zero-order valence-electron chi connectivity index (χ0n) is 9.23. The lowest BCUT2D eigenvalue weighted by atomic mass is 9.91. The van der Waals surface area contributed by atoms with E-state index in [1.165, 1.54) is 5.56 Å². The number of para-hydroxylation sites is 1. The molecule has 1 fully saturated rings. The van der Waals surface area contributed by atoms with Gasteiger partial charge in [0.05, 0.1) is 5.69 Å². The van der Waals surface area contributed by atoms with Crippen LogP contribution in [0.3, 0.4) is 0 Å². The Balaban J connectivity index is 2.10. The normalized spacial score (nSPS) is 17.3. The maximum Gasteiger partial charge on any atom is 0.191 e. The summed E-state index contributed by atoms with van der Waals surface area (Å²) in [5.74, 6) is 0.718. The highest BCUT2D eigenvalue weighted by atomic mass is 16.3. The highest BCUT2D eigenvalue weighted by Crippen LogP contribution is 2.54. The Hall–Kier alpha value is -1.77. The number of rotatable bonds is 2. The number of nitrogens with two attached hydrogens (primary N) is 1. The predicted molar refractivity (Wildman–Crippen MR) is 62.1 cm³/mol. The topological polar surface area (TPSA) is 52.0 Å². The van der Waals surface area contributed by atoms with Crippen LogP contribution in [-0.2, 0) is 5.41 Å². The highest BCUT2D eigenvalue weighted by molar-refractivity contribution is 5.56. The summed E-state index contributed by atoms with van der Waals surface area (Å²) >= 11 is 0. The van der Waals surface area contributed by atoms with Crippen LogP contribution in [0, 0.1) is 6.92 Å². The van der Waals surface area contributed by atoms with E-state index in [1.807, 2.05) is 25.1 Å². The van der Waals surface area contributed by atoms with E-state index in [1.54, 1.807) is 6.26 Å². The number of aryl methyl sites for hydroxylation is 1. The molecule has 2 aromatic rings. The van der Waals surface area contributed by atoms with Crippen LogP contribution in [-0.4, -0.2) is 4.98 Å². The molecular formula is C13H14N2O. The summed E-state index contributed by atoms with van der Waals surface area (Å²) in [5.41, 5.74) is 9.10. The van der Waals surface area contributed by atoms with Crippen LogP contribution in [0.15, 0.2) is 34.9 Å². The lowest BCUT2D eigenvalue weighted by Gasteiger charge is -2.14. The third kappa shape index (κ3) is 1.24. The average molecular weight is 214 g/mol. The number of hydrogen-bond donors (Lipinski definition) is 1. The van der Waals surface area contributed by atoms with E-state index in [0.717, 1.165) is 30.1 Å². The van der Waals surface area contributed by atoms with E-state index in [9.17, 15) is 0 Å². The van der Waals surface area contributed by atoms with Crippen LogP contribution < -0.4 is 5.73 Å². The van der Waals surface area contributed by atoms with E-state index in [-0.39, 0.29) is 5.41 Å². The lowest BCUT2D eigenvalue weighted by molar-refractivity contribution is 0.520. The van der Waals surface area contributed by atoms with Gasteiger partial charge in [0.1, 0.15) is 6.26 Å². The standard InChI is InChI=1S/C13H14N2O/c1-9-15-12(8-16-9)13(6-7-13)10-4-2-3-5-11(10)14/h2-5,8H,6-7,14H2,1H3. The third-order valence-electron chi connectivity index (χ3n) is 3.34. The minimum atomic E-state index is 0.0170. The SMILES string of the molecule is Cc1nc(C2(c3ccccc3N)CC2)co1. The van der Waals surface area contributed by atoms with Gasteiger partial charge >= 0.3 is 0 Å². The van der Waals surface area contributed by atoms with Gasteiger partial charge in [-0.3, -0.25) is 0 Å². The number of nitrogens with zero attached hydrogens (tertiary/aromatic N) is 1. The fourth-order valence-electron chi connectivity index (χ4n) is 2.30. The molecule has 0 saturated heterocycles. The van der Waals surface area contributed by atoms with Crippen molar-refractivity contribution in [3.8, 4) is 0 Å². The Morgan fingerprint density at radius 1 is 1.31 bits per heavy atom. The molecule has 1 aliphatic rings. The summed E-state index contributed by atoms with van der Waals surface area (Å²) in [6, 6.07) is 8.02. The molecule has 1 aliphatic carbocycles. The molecule has 16 heavy (non-hydrogen) atoms. The van der Waals surface area contributed by atoms with Crippen LogP contribution in [0.2, 0.25) is 0 Å². The van der Waals surface area contributed by atoms with Gasteiger partial charge in [-0.15, -0.1) is 0 Å². The fraction of sp³-hybridized carbons (Fsp3) is 0.308. The van der Waals surface area contributed by atoms with Crippen LogP contribution in [0.4, 0.5) is 5.69 Å². The van der Waals surface area contributed by atoms with Crippen molar-refractivity contribution in [2.45, 2.75) is 25.2 Å². The van der Waals surface area contributed by atoms with Crippen LogP contribution in [0.1, 0.15) is 30.0 Å². The molecule has 3 rings (SSSR count). The minimum absolute atomic E-state index is 0.0170. The van der Waals surface area contributed by atoms with E-state index >= 15 is 0 Å². The Bertz CT molecular complexity index is 526. The maximum atomic E-state index is 6.03. The van der Waals surface area contributed by atoms with E-state index < -0.39 is 0 Å². The van der Waals surface area contributed by atoms with Crippen molar-refractivity contribution in [3.05, 3.63) is 47.7 Å². The first-order chi connectivity index (χ1) is 7.72. The second kappa shape index (κ2) is 3.11. The molecule has 0 aliphatic heterocycles. The molecule has 0 bridgehead atoms. The molecule has 3 nitrogen and oxygen atoms in total. The third-order valence-corrected chi connectivity index (χ3v) is 3.34. The summed E-state index contributed by atoms with van der Waals surface area (Å²) in [4.78, 5) is 4.44. The second-order valence-corrected chi connectivity index (χ2v) is 4.42. The number of aromatic nitrogens is 1. The Labute approximate surface area is 94.3 Å². The van der Waals surface area contributed by atoms with Crippen LogP contribution in [0.25, 0.3) is 0 Å². The number of benzene rings is 1. The monoisotopic (exact) mass is 214 g/mol. The molecule has 0 amide bonds. The first-order valence-corrected chi connectivity index (χ1v) is 5.50. The predicted octanol–water partition coefficient (Wildman–Crippen LogP) is 2.65. The first-order valence-electron chi connectivity index (χ1n) is 5.50. The largest absolute Gasteiger partial charge is 0.449 e. The number of anilines is 1. The van der Waals surface area contributed by atoms with Crippen LogP contribution >= 0.6 is 0 Å². The maximum absolute atomic E-state index is 6.03. The summed E-state index contributed by atoms with van der Waals surface area (Å²) in [7, 11) is 0. The molecular weight excluding hydrogens is 200 g/mol. The zero-order chi connectivity index (χ0) is 11.2. The molecule has 0 atom stereocenters. The van der Waals surface area contributed by atoms with Crippen molar-refractivity contribution in [1.82, 2.24) is 4.98 Å². The van der Waals surface area contributed by atoms with Crippen molar-refractivity contribution >= 4 is 5.69 Å². The first kappa shape index (κ1) is 9.46. The quantitative estimate of drug-likeness (QED) is 0.782. The number of nitrogen functional groups attached to an aromatic ring is 1. The molecule has 82 valence electrons. The highest BCUT2D eigenvalue weighted by Gasteiger charge is 2.49. The molecule has 3 heteroatoms. The molecule has 1 aromatic carbocycles. The van der Waals surface area contributed by atoms with Gasteiger partial charge in [-0.05, 0) is 24.5 Å². The molecule has 0 radical (unpaired) electrons. The van der Waals surface area contributed by atoms with Gasteiger partial charge in [-0.1, -0.05) is 18.2 Å². The average Bonchev–Trinajstić information content (AvgIpc) is 2.96. The Kier molecular flexibility index (Phi) is 1.84. The fourth-order valence-corrected chi connectivity index (χ4v) is 2.30. The van der Waals surface area contributed by atoms with E-state index in [2.05, 4.69) is 11.1 Å². The molecule has 1 heterocycles. The molecule has 1 aromatic heterocycles. The van der Waals surface area contributed by atoms with Gasteiger partial charge < -0.3 is 10.2 Å². The van der Waals surface area contributed by atoms with Crippen molar-refractivity contribution < 1.29 is 4.42 Å². The smallest absolute Gasteiger partial charge is 0.191 e. The van der Waals surface area contributed by atoms with Crippen molar-refractivity contribution in [2.24, 2.45) is 0 Å². The summed E-state index contributed by atoms with van der Waals surface area (Å²) < 4.78 is 5.30. The Morgan fingerprint density at radius 3 is 2.62 bits per heavy atom. The van der Waals surface area contributed by atoms with Gasteiger partial charge in [-0.25, -0.2) is 4.98 Å². The zero-order valence-corrected chi connectivity index (χ0v) is 9.23. The van der Waals surface area contributed by atoms with Crippen molar-refractivity contribution in [3.63, 3.8) is 0 Å². The Morgan fingerprint density at radius 2 is 2.06 bits per heavy atom. The number of oxazole rings is 1. The molecule has 2 N–H and O–H groups in total. The molecule has 0 spiro atoms. The second-order valence-electron chi connectivity index (χ2n) is 4.42.